The van der Waals surface area contributed by atoms with Crippen LogP contribution in [0, 0.1) is 0 Å². The second-order valence-electron chi connectivity index (χ2n) is 7.14. The van der Waals surface area contributed by atoms with Crippen LogP contribution in [0.25, 0.3) is 11.6 Å². The lowest BCUT2D eigenvalue weighted by molar-refractivity contribution is 0.414. The van der Waals surface area contributed by atoms with E-state index in [1.165, 1.54) is 5.69 Å². The Bertz CT molecular complexity index is 974. The highest BCUT2D eigenvalue weighted by atomic mass is 127. The van der Waals surface area contributed by atoms with Gasteiger partial charge in [0.05, 0.1) is 19.9 Å². The number of guanidine groups is 1. The highest BCUT2D eigenvalue weighted by molar-refractivity contribution is 14.0. The number of anilines is 1. The van der Waals surface area contributed by atoms with Crippen molar-refractivity contribution >= 4 is 35.6 Å². The van der Waals surface area contributed by atoms with Gasteiger partial charge in [0.1, 0.15) is 11.6 Å². The lowest BCUT2D eigenvalue weighted by Crippen LogP contribution is -2.51. The van der Waals surface area contributed by atoms with Gasteiger partial charge in [0.25, 0.3) is 0 Å². The Morgan fingerprint density at radius 3 is 3.03 bits per heavy atom. The number of piperidine rings is 1. The zero-order valence-electron chi connectivity index (χ0n) is 17.7. The second-order valence-corrected chi connectivity index (χ2v) is 7.14. The van der Waals surface area contributed by atoms with Crippen molar-refractivity contribution in [3.05, 3.63) is 48.5 Å². The molecule has 3 aromatic rings. The lowest BCUT2D eigenvalue weighted by atomic mass is 10.0. The lowest BCUT2D eigenvalue weighted by Gasteiger charge is -2.35. The predicted octanol–water partition coefficient (Wildman–Crippen LogP) is 3.03. The normalized spacial score (nSPS) is 16.5. The number of hydrogen-bond donors (Lipinski definition) is 3. The minimum Gasteiger partial charge on any atom is -0.497 e. The third-order valence-corrected chi connectivity index (χ3v) is 5.10. The fraction of sp³-hybridized carbons (Fsp3) is 0.381. The van der Waals surface area contributed by atoms with Crippen molar-refractivity contribution in [1.82, 2.24) is 25.8 Å². The number of furan rings is 1. The highest BCUT2D eigenvalue weighted by Crippen LogP contribution is 2.24. The zero-order valence-corrected chi connectivity index (χ0v) is 20.0. The summed E-state index contributed by atoms with van der Waals surface area (Å²) in [6.45, 7) is 2.42. The number of nitrogens with zero attached hydrogens (tertiary/aromatic N) is 4. The summed E-state index contributed by atoms with van der Waals surface area (Å²) in [7, 11) is 3.47. The van der Waals surface area contributed by atoms with E-state index in [0.717, 1.165) is 37.6 Å². The van der Waals surface area contributed by atoms with Crippen LogP contribution in [-0.2, 0) is 6.54 Å². The molecule has 9 nitrogen and oxygen atoms in total. The van der Waals surface area contributed by atoms with Crippen LogP contribution >= 0.6 is 24.0 Å². The number of rotatable bonds is 6. The van der Waals surface area contributed by atoms with Crippen LogP contribution < -0.4 is 20.3 Å². The third kappa shape index (κ3) is 5.90. The van der Waals surface area contributed by atoms with E-state index in [9.17, 15) is 0 Å². The van der Waals surface area contributed by atoms with Gasteiger partial charge in [-0.25, -0.2) is 4.98 Å². The van der Waals surface area contributed by atoms with E-state index < -0.39 is 0 Å². The molecule has 10 heteroatoms. The third-order valence-electron chi connectivity index (χ3n) is 5.10. The first-order valence-electron chi connectivity index (χ1n) is 10.1. The Morgan fingerprint density at radius 2 is 2.26 bits per heavy atom. The van der Waals surface area contributed by atoms with Crippen LogP contribution in [0.15, 0.2) is 52.1 Å². The Hall–Kier alpha value is -2.76. The van der Waals surface area contributed by atoms with Gasteiger partial charge < -0.3 is 24.7 Å². The molecule has 1 aliphatic rings. The van der Waals surface area contributed by atoms with Gasteiger partial charge in [-0.2, -0.15) is 0 Å². The van der Waals surface area contributed by atoms with Crippen LogP contribution in [-0.4, -0.2) is 54.4 Å². The fourth-order valence-corrected chi connectivity index (χ4v) is 3.58. The van der Waals surface area contributed by atoms with E-state index in [0.29, 0.717) is 30.0 Å². The Labute approximate surface area is 198 Å². The number of H-pyrrole nitrogens is 1. The highest BCUT2D eigenvalue weighted by Gasteiger charge is 2.21. The van der Waals surface area contributed by atoms with Gasteiger partial charge in [0, 0.05) is 37.9 Å². The summed E-state index contributed by atoms with van der Waals surface area (Å²) < 4.78 is 10.7. The molecule has 0 saturated carbocycles. The number of aromatic nitrogens is 3. The SMILES string of the molecule is CN=C(NCc1nc(-c2ccco2)n[nH]1)NC1CCCN(c2cccc(OC)c2)C1.I. The molecule has 1 unspecified atom stereocenters. The molecule has 0 spiro atoms. The molecule has 0 radical (unpaired) electrons. The number of aromatic amines is 1. The number of halogens is 1. The van der Waals surface area contributed by atoms with Crippen molar-refractivity contribution in [3.8, 4) is 17.3 Å². The Balaban J connectivity index is 0.00000272. The van der Waals surface area contributed by atoms with Crippen LogP contribution in [0.3, 0.4) is 0 Å². The quantitative estimate of drug-likeness (QED) is 0.252. The van der Waals surface area contributed by atoms with E-state index in [2.05, 4.69) is 47.8 Å². The molecule has 1 saturated heterocycles. The van der Waals surface area contributed by atoms with Gasteiger partial charge in [-0.15, -0.1) is 29.1 Å². The molecule has 1 atom stereocenters. The molecular weight excluding hydrogens is 509 g/mol. The number of ether oxygens (including phenoxy) is 1. The maximum absolute atomic E-state index is 5.36. The van der Waals surface area contributed by atoms with E-state index in [4.69, 9.17) is 9.15 Å². The first-order valence-corrected chi connectivity index (χ1v) is 10.1. The summed E-state index contributed by atoms with van der Waals surface area (Å²) >= 11 is 0. The monoisotopic (exact) mass is 537 g/mol. The topological polar surface area (TPSA) is 104 Å². The number of aliphatic imine (C=N–C) groups is 1. The first-order chi connectivity index (χ1) is 14.7. The minimum atomic E-state index is 0. The number of nitrogens with one attached hydrogen (secondary N) is 3. The van der Waals surface area contributed by atoms with Gasteiger partial charge in [0.2, 0.25) is 5.82 Å². The molecule has 4 rings (SSSR count). The van der Waals surface area contributed by atoms with E-state index in [1.807, 2.05) is 24.3 Å². The smallest absolute Gasteiger partial charge is 0.216 e. The maximum atomic E-state index is 5.36. The summed E-state index contributed by atoms with van der Waals surface area (Å²) in [6.07, 6.45) is 3.81. The molecule has 1 fully saturated rings. The molecule has 3 N–H and O–H groups in total. The van der Waals surface area contributed by atoms with Gasteiger partial charge >= 0.3 is 0 Å². The fourth-order valence-electron chi connectivity index (χ4n) is 3.58. The molecular formula is C21H28IN7O2. The average Bonchev–Trinajstić information content (AvgIpc) is 3.49. The molecule has 0 amide bonds. The summed E-state index contributed by atoms with van der Waals surface area (Å²) in [5.41, 5.74) is 1.18. The van der Waals surface area contributed by atoms with Crippen molar-refractivity contribution in [3.63, 3.8) is 0 Å². The van der Waals surface area contributed by atoms with Crippen LogP contribution in [0.2, 0.25) is 0 Å². The van der Waals surface area contributed by atoms with Crippen LogP contribution in [0.4, 0.5) is 5.69 Å². The van der Waals surface area contributed by atoms with Crippen molar-refractivity contribution in [2.75, 3.05) is 32.1 Å². The maximum Gasteiger partial charge on any atom is 0.216 e. The summed E-state index contributed by atoms with van der Waals surface area (Å²) in [5, 5.41) is 13.9. The summed E-state index contributed by atoms with van der Waals surface area (Å²) in [5.74, 6) is 3.51. The molecule has 31 heavy (non-hydrogen) atoms. The number of benzene rings is 1. The first kappa shape index (κ1) is 22.9. The zero-order chi connectivity index (χ0) is 20.8. The van der Waals surface area contributed by atoms with Gasteiger partial charge in [-0.1, -0.05) is 6.07 Å². The van der Waals surface area contributed by atoms with Crippen molar-refractivity contribution in [2.24, 2.45) is 4.99 Å². The van der Waals surface area contributed by atoms with E-state index >= 15 is 0 Å². The minimum absolute atomic E-state index is 0. The molecule has 1 aromatic carbocycles. The molecule has 0 bridgehead atoms. The largest absolute Gasteiger partial charge is 0.497 e. The van der Waals surface area contributed by atoms with Crippen molar-refractivity contribution < 1.29 is 9.15 Å². The number of hydrogen-bond acceptors (Lipinski definition) is 6. The standard InChI is InChI=1S/C21H27N7O2.HI/c1-22-21(23-13-19-25-20(27-26-19)18-9-5-11-30-18)24-15-6-4-10-28(14-15)16-7-3-8-17(12-16)29-2;/h3,5,7-9,11-12,15H,4,6,10,13-14H2,1-2H3,(H2,22,23,24)(H,25,26,27);1H. The van der Waals surface area contributed by atoms with Crippen LogP contribution in [0.5, 0.6) is 5.75 Å². The molecule has 3 heterocycles. The Kier molecular flexibility index (Phi) is 8.15. The molecule has 1 aliphatic heterocycles. The molecule has 0 aliphatic carbocycles. The van der Waals surface area contributed by atoms with E-state index in [1.54, 1.807) is 20.4 Å². The van der Waals surface area contributed by atoms with Crippen LogP contribution in [0.1, 0.15) is 18.7 Å². The van der Waals surface area contributed by atoms with Crippen molar-refractivity contribution in [1.29, 1.82) is 0 Å². The second kappa shape index (κ2) is 11.0. The Morgan fingerprint density at radius 1 is 1.35 bits per heavy atom. The van der Waals surface area contributed by atoms with E-state index in [-0.39, 0.29) is 24.0 Å². The number of methoxy groups -OCH3 is 1. The van der Waals surface area contributed by atoms with Gasteiger partial charge in [-0.3, -0.25) is 10.1 Å². The van der Waals surface area contributed by atoms with Gasteiger partial charge in [0.15, 0.2) is 11.7 Å². The molecule has 2 aromatic heterocycles. The van der Waals surface area contributed by atoms with Crippen molar-refractivity contribution in [2.45, 2.75) is 25.4 Å². The predicted molar refractivity (Wildman–Crippen MR) is 131 cm³/mol. The molecule has 166 valence electrons. The average molecular weight is 537 g/mol. The van der Waals surface area contributed by atoms with Gasteiger partial charge in [-0.05, 0) is 37.1 Å². The summed E-state index contributed by atoms with van der Waals surface area (Å²) in [4.78, 5) is 11.2. The summed E-state index contributed by atoms with van der Waals surface area (Å²) in [6, 6.07) is 12.1.